The van der Waals surface area contributed by atoms with E-state index in [1.165, 1.54) is 24.2 Å². The highest BCUT2D eigenvalue weighted by Gasteiger charge is 2.28. The number of nitrogens with one attached hydrogen (secondary N) is 1. The topological polar surface area (TPSA) is 45.2 Å². The summed E-state index contributed by atoms with van der Waals surface area (Å²) in [4.78, 5) is 21.4. The van der Waals surface area contributed by atoms with Gasteiger partial charge < -0.3 is 10.2 Å². The van der Waals surface area contributed by atoms with E-state index in [4.69, 9.17) is 0 Å². The first-order valence-corrected chi connectivity index (χ1v) is 10.4. The van der Waals surface area contributed by atoms with Gasteiger partial charge in [-0.1, -0.05) is 6.07 Å². The number of hydrogen-bond donors (Lipinski definition) is 1. The van der Waals surface area contributed by atoms with E-state index in [-0.39, 0.29) is 30.7 Å². The van der Waals surface area contributed by atoms with Crippen LogP contribution in [0.3, 0.4) is 0 Å². The number of nitrogens with zero attached hydrogens (tertiary/aromatic N) is 2. The van der Waals surface area contributed by atoms with Crippen molar-refractivity contribution >= 4 is 53.4 Å². The highest BCUT2D eigenvalue weighted by molar-refractivity contribution is 7.22. The van der Waals surface area contributed by atoms with Crippen molar-refractivity contribution in [1.29, 1.82) is 0 Å². The summed E-state index contributed by atoms with van der Waals surface area (Å²) >= 11 is 3.21. The van der Waals surface area contributed by atoms with Crippen LogP contribution in [0.4, 0.5) is 0 Å². The summed E-state index contributed by atoms with van der Waals surface area (Å²) in [6, 6.07) is 4.67. The lowest BCUT2D eigenvalue weighted by atomic mass is 10.0. The van der Waals surface area contributed by atoms with Crippen LogP contribution in [-0.2, 0) is 0 Å². The molecule has 0 spiro atoms. The van der Waals surface area contributed by atoms with Crippen LogP contribution in [0.2, 0.25) is 0 Å². The minimum Gasteiger partial charge on any atom is -0.338 e. The summed E-state index contributed by atoms with van der Waals surface area (Å²) in [5, 5.41) is 6.68. The largest absolute Gasteiger partial charge is 0.338 e. The number of rotatable bonds is 5. The number of halogens is 2. The van der Waals surface area contributed by atoms with E-state index in [2.05, 4.69) is 16.4 Å². The normalized spacial score (nSPS) is 17.5. The van der Waals surface area contributed by atoms with E-state index in [1.54, 1.807) is 11.3 Å². The first-order valence-electron chi connectivity index (χ1n) is 8.74. The van der Waals surface area contributed by atoms with Crippen molar-refractivity contribution in [3.8, 4) is 9.88 Å². The molecule has 1 aliphatic carbocycles. The van der Waals surface area contributed by atoms with Gasteiger partial charge in [-0.05, 0) is 56.5 Å². The zero-order valence-corrected chi connectivity index (χ0v) is 18.0. The SMILES string of the molecule is Cc1nc(-c2cccs2)sc1C(=O)N1CCC(NCC2CC2)CC1.Cl.Cl. The van der Waals surface area contributed by atoms with Crippen LogP contribution in [0.25, 0.3) is 9.88 Å². The summed E-state index contributed by atoms with van der Waals surface area (Å²) in [7, 11) is 0. The molecule has 1 saturated heterocycles. The highest BCUT2D eigenvalue weighted by Crippen LogP contribution is 2.32. The van der Waals surface area contributed by atoms with E-state index in [0.29, 0.717) is 6.04 Å². The Morgan fingerprint density at radius 3 is 2.62 bits per heavy atom. The molecular formula is C18H25Cl2N3OS2. The van der Waals surface area contributed by atoms with Gasteiger partial charge in [-0.15, -0.1) is 47.5 Å². The molecule has 0 radical (unpaired) electrons. The Bertz CT molecular complexity index is 708. The molecular weight excluding hydrogens is 409 g/mol. The molecule has 3 heterocycles. The van der Waals surface area contributed by atoms with E-state index in [1.807, 2.05) is 23.3 Å². The van der Waals surface area contributed by atoms with Crippen LogP contribution in [0.5, 0.6) is 0 Å². The molecule has 4 rings (SSSR count). The first-order chi connectivity index (χ1) is 11.7. The lowest BCUT2D eigenvalue weighted by Crippen LogP contribution is -2.45. The summed E-state index contributed by atoms with van der Waals surface area (Å²) in [5.41, 5.74) is 0.863. The van der Waals surface area contributed by atoms with Crippen LogP contribution in [0, 0.1) is 12.8 Å². The zero-order valence-electron chi connectivity index (χ0n) is 14.8. The number of piperidine rings is 1. The van der Waals surface area contributed by atoms with Gasteiger partial charge in [-0.3, -0.25) is 4.79 Å². The number of carbonyl (C=O) groups is 1. The molecule has 0 atom stereocenters. The van der Waals surface area contributed by atoms with Crippen LogP contribution in [0.15, 0.2) is 17.5 Å². The molecule has 2 aromatic heterocycles. The van der Waals surface area contributed by atoms with Gasteiger partial charge in [-0.25, -0.2) is 4.98 Å². The maximum atomic E-state index is 12.9. The standard InChI is InChI=1S/C18H23N3OS2.2ClH/c1-12-16(24-17(20-12)15-3-2-10-23-15)18(22)21-8-6-14(7-9-21)19-11-13-4-5-13;;/h2-3,10,13-14,19H,4-9,11H2,1H3;2*1H. The van der Waals surface area contributed by atoms with Crippen LogP contribution >= 0.6 is 47.5 Å². The number of thiophene rings is 1. The fourth-order valence-corrected chi connectivity index (χ4v) is 5.02. The van der Waals surface area contributed by atoms with Gasteiger partial charge in [0.25, 0.3) is 5.91 Å². The number of thiazole rings is 1. The molecule has 1 saturated carbocycles. The Labute approximate surface area is 175 Å². The third-order valence-electron chi connectivity index (χ3n) is 4.90. The Kier molecular flexibility index (Phi) is 7.91. The van der Waals surface area contributed by atoms with E-state index >= 15 is 0 Å². The molecule has 1 aliphatic heterocycles. The molecule has 8 heteroatoms. The average molecular weight is 434 g/mol. The van der Waals surface area contributed by atoms with Crippen molar-refractivity contribution in [2.24, 2.45) is 5.92 Å². The van der Waals surface area contributed by atoms with Crippen molar-refractivity contribution < 1.29 is 4.79 Å². The number of amides is 1. The number of carbonyl (C=O) groups excluding carboxylic acids is 1. The summed E-state index contributed by atoms with van der Waals surface area (Å²) in [6.45, 7) is 4.82. The predicted octanol–water partition coefficient (Wildman–Crippen LogP) is 4.63. The predicted molar refractivity (Wildman–Crippen MR) is 114 cm³/mol. The van der Waals surface area contributed by atoms with Gasteiger partial charge >= 0.3 is 0 Å². The fraction of sp³-hybridized carbons (Fsp3) is 0.556. The molecule has 4 nitrogen and oxygen atoms in total. The molecule has 1 N–H and O–H groups in total. The van der Waals surface area contributed by atoms with Gasteiger partial charge in [0.05, 0.1) is 10.6 Å². The summed E-state index contributed by atoms with van der Waals surface area (Å²) in [6.07, 6.45) is 4.91. The second-order valence-corrected chi connectivity index (χ2v) is 8.78. The van der Waals surface area contributed by atoms with E-state index in [0.717, 1.165) is 58.8 Å². The van der Waals surface area contributed by atoms with Gasteiger partial charge in [-0.2, -0.15) is 0 Å². The molecule has 2 aliphatic rings. The van der Waals surface area contributed by atoms with Crippen LogP contribution in [0.1, 0.15) is 41.0 Å². The summed E-state index contributed by atoms with van der Waals surface area (Å²) < 4.78 is 0. The van der Waals surface area contributed by atoms with Crippen molar-refractivity contribution in [3.63, 3.8) is 0 Å². The molecule has 1 amide bonds. The van der Waals surface area contributed by atoms with E-state index in [9.17, 15) is 4.79 Å². The number of hydrogen-bond acceptors (Lipinski definition) is 5. The highest BCUT2D eigenvalue weighted by atomic mass is 35.5. The number of aromatic nitrogens is 1. The Balaban J connectivity index is 0.00000121. The van der Waals surface area contributed by atoms with Crippen molar-refractivity contribution in [1.82, 2.24) is 15.2 Å². The minimum atomic E-state index is 0. The zero-order chi connectivity index (χ0) is 16.5. The average Bonchev–Trinajstić information content (AvgIpc) is 3.10. The Hall–Kier alpha value is -0.660. The minimum absolute atomic E-state index is 0. The molecule has 0 unspecified atom stereocenters. The molecule has 2 fully saturated rings. The quantitative estimate of drug-likeness (QED) is 0.747. The van der Waals surface area contributed by atoms with Gasteiger partial charge in [0.15, 0.2) is 0 Å². The fourth-order valence-electron chi connectivity index (χ4n) is 3.19. The first kappa shape index (κ1) is 21.6. The Morgan fingerprint density at radius 1 is 1.27 bits per heavy atom. The molecule has 2 aromatic rings. The molecule has 144 valence electrons. The van der Waals surface area contributed by atoms with Crippen molar-refractivity contribution in [2.45, 2.75) is 38.6 Å². The summed E-state index contributed by atoms with van der Waals surface area (Å²) in [5.74, 6) is 1.08. The van der Waals surface area contributed by atoms with Crippen molar-refractivity contribution in [3.05, 3.63) is 28.1 Å². The maximum Gasteiger partial charge on any atom is 0.265 e. The lowest BCUT2D eigenvalue weighted by Gasteiger charge is -2.32. The third kappa shape index (κ3) is 4.98. The lowest BCUT2D eigenvalue weighted by molar-refractivity contribution is 0.0709. The molecule has 26 heavy (non-hydrogen) atoms. The van der Waals surface area contributed by atoms with E-state index < -0.39 is 0 Å². The van der Waals surface area contributed by atoms with Crippen molar-refractivity contribution in [2.75, 3.05) is 19.6 Å². The number of likely N-dealkylation sites (tertiary alicyclic amines) is 1. The second kappa shape index (κ2) is 9.51. The number of aryl methyl sites for hydroxylation is 1. The van der Waals surface area contributed by atoms with Crippen LogP contribution in [-0.4, -0.2) is 41.5 Å². The van der Waals surface area contributed by atoms with Gasteiger partial charge in [0, 0.05) is 19.1 Å². The Morgan fingerprint density at radius 2 is 2.00 bits per heavy atom. The monoisotopic (exact) mass is 433 g/mol. The second-order valence-electron chi connectivity index (χ2n) is 6.83. The third-order valence-corrected chi connectivity index (χ3v) is 7.08. The molecule has 0 bridgehead atoms. The van der Waals surface area contributed by atoms with Crippen LogP contribution < -0.4 is 5.32 Å². The van der Waals surface area contributed by atoms with Gasteiger partial charge in [0.2, 0.25) is 0 Å². The van der Waals surface area contributed by atoms with Gasteiger partial charge in [0.1, 0.15) is 9.88 Å². The maximum absolute atomic E-state index is 12.9. The molecule has 0 aromatic carbocycles. The smallest absolute Gasteiger partial charge is 0.265 e.